The van der Waals surface area contributed by atoms with E-state index in [4.69, 9.17) is 0 Å². The zero-order valence-corrected chi connectivity index (χ0v) is 15.3. The summed E-state index contributed by atoms with van der Waals surface area (Å²) in [4.78, 5) is 21.0. The second-order valence-corrected chi connectivity index (χ2v) is 6.07. The predicted molar refractivity (Wildman–Crippen MR) is 94.0 cm³/mol. The predicted octanol–water partition coefficient (Wildman–Crippen LogP) is 5.26. The number of aldehydes is 2. The topological polar surface area (TPSA) is 54.4 Å². The van der Waals surface area contributed by atoms with E-state index >= 15 is 0 Å². The minimum Gasteiger partial charge on any atom is -0.507 e. The van der Waals surface area contributed by atoms with Gasteiger partial charge in [-0.2, -0.15) is 13.2 Å². The Labute approximate surface area is 150 Å². The van der Waals surface area contributed by atoms with Crippen LogP contribution in [0.4, 0.5) is 13.2 Å². The number of carbonyl (C=O) groups is 2. The quantitative estimate of drug-likeness (QED) is 0.737. The summed E-state index contributed by atoms with van der Waals surface area (Å²) in [5, 5.41) is 9.65. The van der Waals surface area contributed by atoms with Gasteiger partial charge in [0.15, 0.2) is 6.29 Å². The van der Waals surface area contributed by atoms with Crippen LogP contribution in [0.3, 0.4) is 0 Å². The number of benzene rings is 2. The Balaban J connectivity index is 0.000000260. The van der Waals surface area contributed by atoms with Gasteiger partial charge in [0.2, 0.25) is 0 Å². The molecule has 0 aliphatic heterocycles. The van der Waals surface area contributed by atoms with Crippen molar-refractivity contribution in [3.05, 3.63) is 62.7 Å². The number of hydrogen-bond acceptors (Lipinski definition) is 3. The SMILES string of the molecule is Cc1c(C)c(C)c(C=O)c(O)c1C.Cc1ccc(C(F)(F)F)cc1C=O. The molecule has 0 heterocycles. The maximum Gasteiger partial charge on any atom is 0.416 e. The molecule has 0 saturated heterocycles. The van der Waals surface area contributed by atoms with Crippen LogP contribution >= 0.6 is 0 Å². The Morgan fingerprint density at radius 1 is 0.846 bits per heavy atom. The van der Waals surface area contributed by atoms with E-state index in [1.807, 2.05) is 27.7 Å². The summed E-state index contributed by atoms with van der Waals surface area (Å²) in [6.07, 6.45) is -3.25. The van der Waals surface area contributed by atoms with E-state index in [0.29, 0.717) is 23.7 Å². The van der Waals surface area contributed by atoms with Crippen molar-refractivity contribution in [3.63, 3.8) is 0 Å². The molecule has 0 saturated carbocycles. The molecule has 3 nitrogen and oxygen atoms in total. The fourth-order valence-electron chi connectivity index (χ4n) is 2.41. The van der Waals surface area contributed by atoms with Crippen LogP contribution in [0.25, 0.3) is 0 Å². The van der Waals surface area contributed by atoms with Gasteiger partial charge in [0.05, 0.1) is 11.1 Å². The van der Waals surface area contributed by atoms with Crippen molar-refractivity contribution in [1.29, 1.82) is 0 Å². The summed E-state index contributed by atoms with van der Waals surface area (Å²) in [6.45, 7) is 9.18. The van der Waals surface area contributed by atoms with Crippen LogP contribution < -0.4 is 0 Å². The third kappa shape index (κ3) is 4.50. The Morgan fingerprint density at radius 2 is 1.38 bits per heavy atom. The van der Waals surface area contributed by atoms with E-state index < -0.39 is 11.7 Å². The first-order valence-corrected chi connectivity index (χ1v) is 7.83. The number of aromatic hydroxyl groups is 1. The molecule has 0 aliphatic carbocycles. The molecule has 0 atom stereocenters. The van der Waals surface area contributed by atoms with Crippen LogP contribution in [0.1, 0.15) is 54.1 Å². The third-order valence-corrected chi connectivity index (χ3v) is 4.55. The van der Waals surface area contributed by atoms with E-state index in [1.54, 1.807) is 6.92 Å². The Morgan fingerprint density at radius 3 is 1.85 bits per heavy atom. The van der Waals surface area contributed by atoms with E-state index in [-0.39, 0.29) is 11.3 Å². The molecular formula is C20H21F3O3. The monoisotopic (exact) mass is 366 g/mol. The van der Waals surface area contributed by atoms with Crippen molar-refractivity contribution in [3.8, 4) is 5.75 Å². The number of halogens is 3. The summed E-state index contributed by atoms with van der Waals surface area (Å²) in [5.41, 5.74) is 4.05. The number of aryl methyl sites for hydroxylation is 1. The standard InChI is InChI=1S/C11H14O2.C9H7F3O/c1-6-7(2)9(4)11(13)10(5-12)8(6)3;1-6-2-3-8(9(10,11)12)4-7(6)5-13/h5,13H,1-4H3;2-5H,1H3. The number of alkyl halides is 3. The highest BCUT2D eigenvalue weighted by atomic mass is 19.4. The van der Waals surface area contributed by atoms with Crippen molar-refractivity contribution >= 4 is 12.6 Å². The van der Waals surface area contributed by atoms with Crippen molar-refractivity contribution in [1.82, 2.24) is 0 Å². The molecule has 0 bridgehead atoms. The number of phenolic OH excluding ortho intramolecular Hbond substituents is 1. The molecule has 0 aromatic heterocycles. The largest absolute Gasteiger partial charge is 0.507 e. The van der Waals surface area contributed by atoms with E-state index in [2.05, 4.69) is 0 Å². The Hall–Kier alpha value is -2.63. The van der Waals surface area contributed by atoms with E-state index in [9.17, 15) is 27.9 Å². The van der Waals surface area contributed by atoms with E-state index in [1.165, 1.54) is 6.07 Å². The number of phenols is 1. The zero-order chi connectivity index (χ0) is 20.2. The second kappa shape index (κ2) is 8.17. The lowest BCUT2D eigenvalue weighted by Crippen LogP contribution is -2.05. The van der Waals surface area contributed by atoms with Crippen LogP contribution in [-0.4, -0.2) is 17.7 Å². The highest BCUT2D eigenvalue weighted by Gasteiger charge is 2.30. The highest BCUT2D eigenvalue weighted by Crippen LogP contribution is 2.31. The zero-order valence-electron chi connectivity index (χ0n) is 15.3. The van der Waals surface area contributed by atoms with Gasteiger partial charge in [-0.1, -0.05) is 6.07 Å². The molecule has 26 heavy (non-hydrogen) atoms. The number of rotatable bonds is 2. The molecule has 2 rings (SSSR count). The highest BCUT2D eigenvalue weighted by molar-refractivity contribution is 5.83. The molecule has 0 aliphatic rings. The molecule has 140 valence electrons. The Kier molecular flexibility index (Phi) is 6.73. The first-order chi connectivity index (χ1) is 11.9. The first-order valence-electron chi connectivity index (χ1n) is 7.83. The molecule has 0 spiro atoms. The van der Waals surface area contributed by atoms with Gasteiger partial charge in [0, 0.05) is 5.56 Å². The van der Waals surface area contributed by atoms with Gasteiger partial charge < -0.3 is 5.11 Å². The molecule has 1 N–H and O–H groups in total. The molecule has 6 heteroatoms. The normalized spacial score (nSPS) is 10.8. The molecule has 0 amide bonds. The van der Waals surface area contributed by atoms with Crippen molar-refractivity contribution < 1.29 is 27.9 Å². The molecular weight excluding hydrogens is 345 g/mol. The van der Waals surface area contributed by atoms with Gasteiger partial charge in [-0.05, 0) is 74.6 Å². The average Bonchev–Trinajstić information content (AvgIpc) is 2.59. The van der Waals surface area contributed by atoms with Crippen molar-refractivity contribution in [2.45, 2.75) is 40.8 Å². The third-order valence-electron chi connectivity index (χ3n) is 4.55. The summed E-state index contributed by atoms with van der Waals surface area (Å²) >= 11 is 0. The summed E-state index contributed by atoms with van der Waals surface area (Å²) in [7, 11) is 0. The van der Waals surface area contributed by atoms with Crippen LogP contribution in [-0.2, 0) is 6.18 Å². The lowest BCUT2D eigenvalue weighted by atomic mass is 9.94. The lowest BCUT2D eigenvalue weighted by molar-refractivity contribution is -0.137. The van der Waals surface area contributed by atoms with Gasteiger partial charge in [0.1, 0.15) is 12.0 Å². The summed E-state index contributed by atoms with van der Waals surface area (Å²) in [6, 6.07) is 3.09. The molecule has 0 fully saturated rings. The van der Waals surface area contributed by atoms with E-state index in [0.717, 1.165) is 34.4 Å². The van der Waals surface area contributed by atoms with Crippen LogP contribution in [0, 0.1) is 34.6 Å². The van der Waals surface area contributed by atoms with Crippen molar-refractivity contribution in [2.24, 2.45) is 0 Å². The van der Waals surface area contributed by atoms with Crippen LogP contribution in [0.5, 0.6) is 5.75 Å². The smallest absolute Gasteiger partial charge is 0.416 e. The Bertz CT molecular complexity index is 808. The number of carbonyl (C=O) groups excluding carboxylic acids is 2. The maximum atomic E-state index is 12.1. The number of hydrogen-bond donors (Lipinski definition) is 1. The molecule has 0 radical (unpaired) electrons. The average molecular weight is 366 g/mol. The van der Waals surface area contributed by atoms with Gasteiger partial charge in [0.25, 0.3) is 0 Å². The van der Waals surface area contributed by atoms with Crippen molar-refractivity contribution in [2.75, 3.05) is 0 Å². The first kappa shape index (κ1) is 21.4. The molecule has 0 unspecified atom stereocenters. The molecule has 2 aromatic rings. The fourth-order valence-corrected chi connectivity index (χ4v) is 2.41. The lowest BCUT2D eigenvalue weighted by Gasteiger charge is -2.13. The maximum absolute atomic E-state index is 12.1. The van der Waals surface area contributed by atoms with Gasteiger partial charge in [-0.25, -0.2) is 0 Å². The summed E-state index contributed by atoms with van der Waals surface area (Å²) in [5.74, 6) is 0.121. The summed E-state index contributed by atoms with van der Waals surface area (Å²) < 4.78 is 36.4. The minimum absolute atomic E-state index is 0.0785. The van der Waals surface area contributed by atoms with Gasteiger partial charge in [-0.15, -0.1) is 0 Å². The fraction of sp³-hybridized carbons (Fsp3) is 0.300. The van der Waals surface area contributed by atoms with Gasteiger partial charge >= 0.3 is 6.18 Å². The minimum atomic E-state index is -4.38. The second-order valence-electron chi connectivity index (χ2n) is 6.07. The van der Waals surface area contributed by atoms with Crippen LogP contribution in [0.15, 0.2) is 18.2 Å². The van der Waals surface area contributed by atoms with Crippen LogP contribution in [0.2, 0.25) is 0 Å². The molecule has 2 aromatic carbocycles. The van der Waals surface area contributed by atoms with Gasteiger partial charge in [-0.3, -0.25) is 9.59 Å².